The number of rotatable bonds is 4. The molecule has 1 N–H and O–H groups in total. The molecule has 2 rings (SSSR count). The number of benzene rings is 1. The van der Waals surface area contributed by atoms with Gasteiger partial charge in [-0.15, -0.1) is 0 Å². The molecule has 1 aliphatic rings. The maximum absolute atomic E-state index is 12.9. The largest absolute Gasteiger partial charge is 0.312 e. The molecule has 0 aromatic heterocycles. The van der Waals surface area contributed by atoms with Gasteiger partial charge in [-0.3, -0.25) is 0 Å². The summed E-state index contributed by atoms with van der Waals surface area (Å²) in [5.41, 5.74) is 0.444. The monoisotopic (exact) mass is 243 g/mol. The lowest BCUT2D eigenvalue weighted by atomic mass is 10.1. The van der Waals surface area contributed by atoms with Crippen LogP contribution in [-0.2, 0) is 6.54 Å². The maximum Gasteiger partial charge on any atom is 0.194 e. The first-order valence-corrected chi connectivity index (χ1v) is 6.01. The van der Waals surface area contributed by atoms with Crippen molar-refractivity contribution >= 4 is 0 Å². The zero-order chi connectivity index (χ0) is 12.3. The summed E-state index contributed by atoms with van der Waals surface area (Å²) in [6.07, 6.45) is 4.98. The van der Waals surface area contributed by atoms with E-state index in [0.717, 1.165) is 18.7 Å². The van der Waals surface area contributed by atoms with Gasteiger partial charge in [-0.25, -0.2) is 13.2 Å². The first kappa shape index (κ1) is 12.4. The highest BCUT2D eigenvalue weighted by Gasteiger charge is 2.14. The van der Waals surface area contributed by atoms with E-state index in [1.165, 1.54) is 25.7 Å². The fourth-order valence-corrected chi connectivity index (χ4v) is 2.35. The van der Waals surface area contributed by atoms with Crippen molar-refractivity contribution in [1.29, 1.82) is 0 Å². The minimum Gasteiger partial charge on any atom is -0.312 e. The third-order valence-corrected chi connectivity index (χ3v) is 3.28. The summed E-state index contributed by atoms with van der Waals surface area (Å²) in [4.78, 5) is 0. The van der Waals surface area contributed by atoms with E-state index < -0.39 is 17.5 Å². The molecule has 0 aliphatic heterocycles. The standard InChI is InChI=1S/C13H16F3N/c14-11-5-10(6-12(15)13(11)16)8-17-7-9-3-1-2-4-9/h5-6,9,17H,1-4,7-8H2. The maximum atomic E-state index is 12.9. The van der Waals surface area contributed by atoms with Crippen molar-refractivity contribution in [2.75, 3.05) is 6.54 Å². The molecule has 1 aromatic rings. The lowest BCUT2D eigenvalue weighted by Gasteiger charge is -2.10. The van der Waals surface area contributed by atoms with Gasteiger partial charge in [0.15, 0.2) is 17.5 Å². The number of halogens is 3. The molecular formula is C13H16F3N. The highest BCUT2D eigenvalue weighted by Crippen LogP contribution is 2.23. The van der Waals surface area contributed by atoms with Crippen LogP contribution in [-0.4, -0.2) is 6.54 Å². The fraction of sp³-hybridized carbons (Fsp3) is 0.538. The van der Waals surface area contributed by atoms with Crippen LogP contribution in [0.5, 0.6) is 0 Å². The fourth-order valence-electron chi connectivity index (χ4n) is 2.35. The highest BCUT2D eigenvalue weighted by molar-refractivity contribution is 5.19. The molecule has 1 nitrogen and oxygen atoms in total. The summed E-state index contributed by atoms with van der Waals surface area (Å²) >= 11 is 0. The first-order valence-electron chi connectivity index (χ1n) is 6.01. The summed E-state index contributed by atoms with van der Waals surface area (Å²) in [6.45, 7) is 1.24. The topological polar surface area (TPSA) is 12.0 Å². The molecule has 17 heavy (non-hydrogen) atoms. The normalized spacial score (nSPS) is 16.6. The van der Waals surface area contributed by atoms with Gasteiger partial charge < -0.3 is 5.32 Å². The molecule has 1 fully saturated rings. The Morgan fingerprint density at radius 2 is 1.65 bits per heavy atom. The predicted octanol–water partition coefficient (Wildman–Crippen LogP) is 3.38. The second kappa shape index (κ2) is 5.54. The van der Waals surface area contributed by atoms with Crippen LogP contribution in [0.2, 0.25) is 0 Å². The second-order valence-corrected chi connectivity index (χ2v) is 4.65. The zero-order valence-electron chi connectivity index (χ0n) is 9.61. The molecule has 1 aromatic carbocycles. The molecule has 0 saturated heterocycles. The Labute approximate surface area is 99.0 Å². The summed E-state index contributed by atoms with van der Waals surface area (Å²) in [6, 6.07) is 2.08. The van der Waals surface area contributed by atoms with Crippen LogP contribution in [0, 0.1) is 23.4 Å². The van der Waals surface area contributed by atoms with E-state index in [0.29, 0.717) is 18.0 Å². The van der Waals surface area contributed by atoms with Crippen molar-refractivity contribution < 1.29 is 13.2 Å². The third-order valence-electron chi connectivity index (χ3n) is 3.28. The molecule has 94 valence electrons. The molecule has 0 atom stereocenters. The number of nitrogens with one attached hydrogen (secondary N) is 1. The minimum atomic E-state index is -1.40. The van der Waals surface area contributed by atoms with Gasteiger partial charge in [0.05, 0.1) is 0 Å². The van der Waals surface area contributed by atoms with Gasteiger partial charge in [-0.05, 0) is 43.0 Å². The Morgan fingerprint density at radius 1 is 1.06 bits per heavy atom. The van der Waals surface area contributed by atoms with Crippen molar-refractivity contribution in [1.82, 2.24) is 5.32 Å². The quantitative estimate of drug-likeness (QED) is 0.799. The van der Waals surface area contributed by atoms with Crippen LogP contribution in [0.4, 0.5) is 13.2 Å². The van der Waals surface area contributed by atoms with Gasteiger partial charge in [-0.1, -0.05) is 12.8 Å². The Kier molecular flexibility index (Phi) is 4.05. The summed E-state index contributed by atoms with van der Waals surface area (Å²) in [5.74, 6) is -2.97. The van der Waals surface area contributed by atoms with Crippen LogP contribution in [0.15, 0.2) is 12.1 Å². The van der Waals surface area contributed by atoms with E-state index in [9.17, 15) is 13.2 Å². The molecule has 0 spiro atoms. The van der Waals surface area contributed by atoms with Gasteiger partial charge in [0.1, 0.15) is 0 Å². The average molecular weight is 243 g/mol. The molecule has 1 saturated carbocycles. The van der Waals surface area contributed by atoms with Crippen molar-refractivity contribution in [3.63, 3.8) is 0 Å². The van der Waals surface area contributed by atoms with E-state index >= 15 is 0 Å². The Bertz CT molecular complexity index is 363. The molecule has 0 heterocycles. The van der Waals surface area contributed by atoms with Gasteiger partial charge in [0, 0.05) is 6.54 Å². The van der Waals surface area contributed by atoms with Gasteiger partial charge >= 0.3 is 0 Å². The number of hydrogen-bond acceptors (Lipinski definition) is 1. The smallest absolute Gasteiger partial charge is 0.194 e. The molecule has 1 aliphatic carbocycles. The van der Waals surface area contributed by atoms with Crippen LogP contribution in [0.3, 0.4) is 0 Å². The van der Waals surface area contributed by atoms with Crippen LogP contribution >= 0.6 is 0 Å². The minimum absolute atomic E-state index is 0.380. The van der Waals surface area contributed by atoms with Crippen molar-refractivity contribution in [3.05, 3.63) is 35.1 Å². The summed E-state index contributed by atoms with van der Waals surface area (Å²) in [7, 11) is 0. The summed E-state index contributed by atoms with van der Waals surface area (Å²) < 4.78 is 38.6. The molecule has 0 bridgehead atoms. The summed E-state index contributed by atoms with van der Waals surface area (Å²) in [5, 5.41) is 3.16. The average Bonchev–Trinajstić information content (AvgIpc) is 2.79. The lowest BCUT2D eigenvalue weighted by Crippen LogP contribution is -2.21. The van der Waals surface area contributed by atoms with Crippen LogP contribution in [0.1, 0.15) is 31.2 Å². The Hall–Kier alpha value is -1.03. The lowest BCUT2D eigenvalue weighted by molar-refractivity contribution is 0.442. The van der Waals surface area contributed by atoms with Crippen LogP contribution in [0.25, 0.3) is 0 Å². The van der Waals surface area contributed by atoms with E-state index in [1.54, 1.807) is 0 Å². The SMILES string of the molecule is Fc1cc(CNCC2CCCC2)cc(F)c1F. The van der Waals surface area contributed by atoms with E-state index in [4.69, 9.17) is 0 Å². The van der Waals surface area contributed by atoms with E-state index in [-0.39, 0.29) is 0 Å². The molecule has 0 amide bonds. The van der Waals surface area contributed by atoms with E-state index in [1.807, 2.05) is 0 Å². The third kappa shape index (κ3) is 3.22. The first-order chi connectivity index (χ1) is 8.16. The Morgan fingerprint density at radius 3 is 2.24 bits per heavy atom. The van der Waals surface area contributed by atoms with Crippen molar-refractivity contribution in [2.24, 2.45) is 5.92 Å². The number of hydrogen-bond donors (Lipinski definition) is 1. The molecule has 4 heteroatoms. The van der Waals surface area contributed by atoms with Crippen molar-refractivity contribution in [2.45, 2.75) is 32.2 Å². The zero-order valence-corrected chi connectivity index (χ0v) is 9.61. The Balaban J connectivity index is 1.86. The van der Waals surface area contributed by atoms with E-state index in [2.05, 4.69) is 5.32 Å². The highest BCUT2D eigenvalue weighted by atomic mass is 19.2. The predicted molar refractivity (Wildman–Crippen MR) is 60.0 cm³/mol. The molecular weight excluding hydrogens is 227 g/mol. The second-order valence-electron chi connectivity index (χ2n) is 4.65. The van der Waals surface area contributed by atoms with Crippen LogP contribution < -0.4 is 5.32 Å². The van der Waals surface area contributed by atoms with Gasteiger partial charge in [0.2, 0.25) is 0 Å². The van der Waals surface area contributed by atoms with Gasteiger partial charge in [-0.2, -0.15) is 0 Å². The molecule has 0 radical (unpaired) electrons. The molecule has 0 unspecified atom stereocenters. The van der Waals surface area contributed by atoms with Crippen molar-refractivity contribution in [3.8, 4) is 0 Å². The van der Waals surface area contributed by atoms with Gasteiger partial charge in [0.25, 0.3) is 0 Å².